The Morgan fingerprint density at radius 3 is 2.17 bits per heavy atom. The first-order valence-corrected chi connectivity index (χ1v) is 16.2. The highest BCUT2D eigenvalue weighted by Crippen LogP contribution is 2.36. The number of carbonyl (C=O) groups excluding carboxylic acids is 2. The van der Waals surface area contributed by atoms with E-state index in [4.69, 9.17) is 14.2 Å². The molecule has 3 aliphatic rings. The fourth-order valence-electron chi connectivity index (χ4n) is 6.13. The topological polar surface area (TPSA) is 77.1 Å². The van der Waals surface area contributed by atoms with Crippen LogP contribution in [0, 0.1) is 53.3 Å². The summed E-state index contributed by atoms with van der Waals surface area (Å²) in [4.78, 5) is 22.2. The van der Waals surface area contributed by atoms with Crippen molar-refractivity contribution in [1.82, 2.24) is 10.4 Å². The number of carbonyl (C=O) groups is 2. The van der Waals surface area contributed by atoms with Gasteiger partial charge in [0.05, 0.1) is 12.7 Å². The van der Waals surface area contributed by atoms with Crippen LogP contribution >= 0.6 is 0 Å². The largest absolute Gasteiger partial charge is 0.463 e. The van der Waals surface area contributed by atoms with Gasteiger partial charge >= 0.3 is 11.9 Å². The SMILES string of the molecule is C=CC(=O)OCCCCCCOC1CCC(C#CC2CCC(C#CC3CNN(CCOC(=O)C=C)C3)C(CC)C2)CC1. The lowest BCUT2D eigenvalue weighted by molar-refractivity contribution is -0.139. The maximum absolute atomic E-state index is 11.2. The zero-order valence-corrected chi connectivity index (χ0v) is 25.7. The summed E-state index contributed by atoms with van der Waals surface area (Å²) < 4.78 is 16.2. The molecule has 7 heteroatoms. The summed E-state index contributed by atoms with van der Waals surface area (Å²) in [5, 5.41) is 2.09. The molecule has 0 spiro atoms. The molecule has 2 saturated carbocycles. The van der Waals surface area contributed by atoms with E-state index in [1.54, 1.807) is 0 Å². The molecule has 0 aromatic heterocycles. The summed E-state index contributed by atoms with van der Waals surface area (Å²) >= 11 is 0. The van der Waals surface area contributed by atoms with Crippen LogP contribution in [0.25, 0.3) is 0 Å². The number of hydrogen-bond acceptors (Lipinski definition) is 7. The molecule has 1 saturated heterocycles. The van der Waals surface area contributed by atoms with Crippen LogP contribution in [0.1, 0.15) is 84.0 Å². The van der Waals surface area contributed by atoms with Gasteiger partial charge in [-0.25, -0.2) is 14.6 Å². The average Bonchev–Trinajstić information content (AvgIpc) is 3.48. The fraction of sp³-hybridized carbons (Fsp3) is 0.714. The number of esters is 2. The van der Waals surface area contributed by atoms with E-state index in [0.717, 1.165) is 90.3 Å². The molecule has 0 amide bonds. The van der Waals surface area contributed by atoms with Crippen LogP contribution in [-0.4, -0.2) is 62.5 Å². The first kappa shape index (κ1) is 33.9. The van der Waals surface area contributed by atoms with Gasteiger partial charge in [-0.2, -0.15) is 0 Å². The number of nitrogens with zero attached hydrogens (tertiary/aromatic N) is 1. The van der Waals surface area contributed by atoms with E-state index < -0.39 is 0 Å². The Labute approximate surface area is 254 Å². The van der Waals surface area contributed by atoms with E-state index in [1.165, 1.54) is 18.6 Å². The molecular formula is C35H52N2O5. The molecule has 0 aromatic carbocycles. The normalized spacial score (nSPS) is 27.5. The van der Waals surface area contributed by atoms with Crippen LogP contribution in [0.5, 0.6) is 0 Å². The Kier molecular flexibility index (Phi) is 15.8. The van der Waals surface area contributed by atoms with Crippen molar-refractivity contribution in [2.75, 3.05) is 39.5 Å². The second-order valence-electron chi connectivity index (χ2n) is 11.9. The molecule has 0 aromatic rings. The van der Waals surface area contributed by atoms with Gasteiger partial charge in [-0.1, -0.05) is 56.6 Å². The van der Waals surface area contributed by atoms with Crippen LogP contribution in [0.2, 0.25) is 0 Å². The van der Waals surface area contributed by atoms with Gasteiger partial charge in [0.25, 0.3) is 0 Å². The second-order valence-corrected chi connectivity index (χ2v) is 11.9. The Morgan fingerprint density at radius 1 is 0.810 bits per heavy atom. The number of hydrazine groups is 1. The van der Waals surface area contributed by atoms with Gasteiger partial charge in [-0.05, 0) is 70.1 Å². The van der Waals surface area contributed by atoms with Crippen LogP contribution in [0.15, 0.2) is 25.3 Å². The maximum atomic E-state index is 11.2. The molecule has 4 unspecified atom stereocenters. The van der Waals surface area contributed by atoms with Crippen LogP contribution in [0.4, 0.5) is 0 Å². The first-order chi connectivity index (χ1) is 20.5. The standard InChI is InChI=1S/C35H52N2O5/c1-4-31-25-29(13-17-32(31)18-14-30-26-36-37(27-30)21-24-42-35(39)6-3)12-11-28-15-19-33(20-16-28)40-22-9-7-8-10-23-41-34(38)5-2/h5-6,28-33,36H,2-4,7-10,13,15-17,19-27H2,1H3. The minimum absolute atomic E-state index is 0.315. The second kappa shape index (κ2) is 19.6. The monoisotopic (exact) mass is 580 g/mol. The molecule has 3 fully saturated rings. The fourth-order valence-corrected chi connectivity index (χ4v) is 6.13. The molecule has 7 nitrogen and oxygen atoms in total. The molecule has 1 aliphatic heterocycles. The zero-order chi connectivity index (χ0) is 30.0. The lowest BCUT2D eigenvalue weighted by Gasteiger charge is -2.31. The minimum Gasteiger partial charge on any atom is -0.463 e. The zero-order valence-electron chi connectivity index (χ0n) is 25.7. The number of ether oxygens (including phenoxy) is 3. The van der Waals surface area contributed by atoms with E-state index >= 15 is 0 Å². The third-order valence-electron chi connectivity index (χ3n) is 8.72. The van der Waals surface area contributed by atoms with Gasteiger partial charge in [0.15, 0.2) is 0 Å². The summed E-state index contributed by atoms with van der Waals surface area (Å²) in [6.07, 6.45) is 16.0. The molecule has 0 bridgehead atoms. The molecular weight excluding hydrogens is 528 g/mol. The van der Waals surface area contributed by atoms with Crippen molar-refractivity contribution in [1.29, 1.82) is 0 Å². The van der Waals surface area contributed by atoms with Crippen molar-refractivity contribution >= 4 is 11.9 Å². The van der Waals surface area contributed by atoms with E-state index in [9.17, 15) is 9.59 Å². The third kappa shape index (κ3) is 12.7. The molecule has 42 heavy (non-hydrogen) atoms. The first-order valence-electron chi connectivity index (χ1n) is 16.2. The highest BCUT2D eigenvalue weighted by atomic mass is 16.5. The van der Waals surface area contributed by atoms with E-state index in [-0.39, 0.29) is 11.9 Å². The van der Waals surface area contributed by atoms with Gasteiger partial charge in [0.1, 0.15) is 6.61 Å². The Hall–Kier alpha value is -2.58. The summed E-state index contributed by atoms with van der Waals surface area (Å²) in [5.74, 6) is 16.2. The molecule has 1 N–H and O–H groups in total. The number of rotatable bonds is 14. The van der Waals surface area contributed by atoms with Gasteiger partial charge in [-0.3, -0.25) is 5.43 Å². The molecule has 2 aliphatic carbocycles. The van der Waals surface area contributed by atoms with Crippen LogP contribution < -0.4 is 5.43 Å². The molecule has 3 rings (SSSR count). The summed E-state index contributed by atoms with van der Waals surface area (Å²) in [5.41, 5.74) is 3.37. The molecule has 1 heterocycles. The van der Waals surface area contributed by atoms with Crippen LogP contribution in [0.3, 0.4) is 0 Å². The van der Waals surface area contributed by atoms with E-state index in [1.807, 2.05) is 0 Å². The summed E-state index contributed by atoms with van der Waals surface area (Å²) in [6, 6.07) is 0. The van der Waals surface area contributed by atoms with Crippen molar-refractivity contribution in [2.45, 2.75) is 90.1 Å². The maximum Gasteiger partial charge on any atom is 0.330 e. The highest BCUT2D eigenvalue weighted by Gasteiger charge is 2.28. The Bertz CT molecular complexity index is 981. The molecule has 0 radical (unpaired) electrons. The molecule has 232 valence electrons. The highest BCUT2D eigenvalue weighted by molar-refractivity contribution is 5.81. The number of unbranched alkanes of at least 4 members (excludes halogenated alkanes) is 3. The van der Waals surface area contributed by atoms with Crippen molar-refractivity contribution in [3.63, 3.8) is 0 Å². The lowest BCUT2D eigenvalue weighted by Crippen LogP contribution is -2.34. The molecule has 4 atom stereocenters. The predicted octanol–water partition coefficient (Wildman–Crippen LogP) is 5.47. The van der Waals surface area contributed by atoms with E-state index in [0.29, 0.717) is 55.5 Å². The third-order valence-corrected chi connectivity index (χ3v) is 8.72. The van der Waals surface area contributed by atoms with Gasteiger partial charge in [0, 0.05) is 62.1 Å². The van der Waals surface area contributed by atoms with E-state index in [2.05, 4.69) is 54.2 Å². The van der Waals surface area contributed by atoms with Crippen LogP contribution in [-0.2, 0) is 23.8 Å². The van der Waals surface area contributed by atoms with Crippen molar-refractivity contribution in [2.24, 2.45) is 29.6 Å². The average molecular weight is 581 g/mol. The Balaban J connectivity index is 1.28. The predicted molar refractivity (Wildman–Crippen MR) is 166 cm³/mol. The number of hydrogen-bond donors (Lipinski definition) is 1. The lowest BCUT2D eigenvalue weighted by atomic mass is 9.73. The summed E-state index contributed by atoms with van der Waals surface area (Å²) in [7, 11) is 0. The number of nitrogens with one attached hydrogen (secondary N) is 1. The van der Waals surface area contributed by atoms with Crippen molar-refractivity contribution in [3.8, 4) is 23.7 Å². The van der Waals surface area contributed by atoms with Gasteiger partial charge in [0.2, 0.25) is 0 Å². The van der Waals surface area contributed by atoms with Crippen molar-refractivity contribution in [3.05, 3.63) is 25.3 Å². The summed E-state index contributed by atoms with van der Waals surface area (Å²) in [6.45, 7) is 13.1. The van der Waals surface area contributed by atoms with Gasteiger partial charge in [-0.15, -0.1) is 0 Å². The minimum atomic E-state index is -0.379. The quantitative estimate of drug-likeness (QED) is 0.126. The van der Waals surface area contributed by atoms with Crippen molar-refractivity contribution < 1.29 is 23.8 Å². The van der Waals surface area contributed by atoms with Gasteiger partial charge < -0.3 is 14.2 Å². The Morgan fingerprint density at radius 2 is 1.45 bits per heavy atom. The smallest absolute Gasteiger partial charge is 0.330 e.